The molecule has 56 heavy (non-hydrogen) atoms. The summed E-state index contributed by atoms with van der Waals surface area (Å²) in [6.45, 7) is 4.68. The highest BCUT2D eigenvalue weighted by Gasteiger charge is 2.32. The molecular weight excluding hydrogens is 685 g/mol. The fraction of sp³-hybridized carbons (Fsp3) is 0.120. The van der Waals surface area contributed by atoms with E-state index in [1.165, 1.54) is 38.6 Å². The second-order valence-corrected chi connectivity index (χ2v) is 15.4. The molecule has 0 radical (unpaired) electrons. The molecule has 268 valence electrons. The summed E-state index contributed by atoms with van der Waals surface area (Å²) in [6.07, 6.45) is 23.8. The molecule has 0 saturated heterocycles. The lowest BCUT2D eigenvalue weighted by Crippen LogP contribution is -2.25. The number of fused-ring (bicyclic) bond motifs is 7. The van der Waals surface area contributed by atoms with Crippen molar-refractivity contribution in [3.8, 4) is 40.0 Å². The maximum absolute atomic E-state index is 5.13. The highest BCUT2D eigenvalue weighted by Crippen LogP contribution is 2.46. The first kappa shape index (κ1) is 32.5. The lowest BCUT2D eigenvalue weighted by Gasteiger charge is -2.34. The van der Waals surface area contributed by atoms with Crippen LogP contribution >= 0.6 is 0 Å². The summed E-state index contributed by atoms with van der Waals surface area (Å²) >= 11 is 0. The standard InChI is InChI=1S/C50H38N6/c1-32-14-13-21-39-41-29-40-38-20-9-10-22-42(38)56(44(40)30-43(41)55(46(32)39)37-25-27-50(2)26-12-11-19-36(50)28-37)45-24-23-35(31-51-45)49-53-47(33-15-5-3-6-16-33)52-48(54-49)34-17-7-4-8-18-34/h3-13,15-32,36H,14H2,1-2H3. The summed E-state index contributed by atoms with van der Waals surface area (Å²) in [7, 11) is 0. The minimum atomic E-state index is -0.0160. The van der Waals surface area contributed by atoms with E-state index in [2.05, 4.69) is 126 Å². The van der Waals surface area contributed by atoms with Crippen LogP contribution in [0.15, 0.2) is 164 Å². The predicted molar refractivity (Wildman–Crippen MR) is 229 cm³/mol. The zero-order valence-corrected chi connectivity index (χ0v) is 31.2. The van der Waals surface area contributed by atoms with Crippen LogP contribution in [0.25, 0.3) is 84.5 Å². The summed E-state index contributed by atoms with van der Waals surface area (Å²) < 4.78 is 4.84. The van der Waals surface area contributed by atoms with Gasteiger partial charge in [0.1, 0.15) is 5.82 Å². The molecule has 3 unspecified atom stereocenters. The summed E-state index contributed by atoms with van der Waals surface area (Å²) in [5.41, 5.74) is 10.1. The Kier molecular flexibility index (Phi) is 7.30. The van der Waals surface area contributed by atoms with Gasteiger partial charge in [-0.05, 0) is 42.8 Å². The molecule has 3 atom stereocenters. The van der Waals surface area contributed by atoms with Gasteiger partial charge in [0.2, 0.25) is 0 Å². The molecule has 3 aliphatic rings. The maximum atomic E-state index is 5.13. The van der Waals surface area contributed by atoms with E-state index in [-0.39, 0.29) is 5.41 Å². The van der Waals surface area contributed by atoms with Crippen molar-refractivity contribution >= 4 is 44.5 Å². The van der Waals surface area contributed by atoms with Crippen molar-refractivity contribution in [3.63, 3.8) is 0 Å². The third-order valence-electron chi connectivity index (χ3n) is 11.8. The summed E-state index contributed by atoms with van der Waals surface area (Å²) in [6, 6.07) is 37.8. The highest BCUT2D eigenvalue weighted by atomic mass is 15.1. The number of rotatable bonds is 5. The van der Waals surface area contributed by atoms with Gasteiger partial charge in [0.15, 0.2) is 17.5 Å². The average molecular weight is 723 g/mol. The Morgan fingerprint density at radius 3 is 2.05 bits per heavy atom. The van der Waals surface area contributed by atoms with E-state index in [1.807, 2.05) is 66.9 Å². The molecular formula is C50H38N6. The lowest BCUT2D eigenvalue weighted by atomic mass is 9.71. The van der Waals surface area contributed by atoms with Gasteiger partial charge in [0.25, 0.3) is 0 Å². The molecule has 0 aliphatic heterocycles. The van der Waals surface area contributed by atoms with Crippen molar-refractivity contribution in [1.82, 2.24) is 29.1 Å². The normalized spacial score (nSPS) is 19.8. The smallest absolute Gasteiger partial charge is 0.165 e. The van der Waals surface area contributed by atoms with Crippen LogP contribution in [0.1, 0.15) is 37.4 Å². The number of nitrogens with zero attached hydrogens (tertiary/aromatic N) is 6. The van der Waals surface area contributed by atoms with E-state index in [9.17, 15) is 0 Å². The maximum Gasteiger partial charge on any atom is 0.165 e. The van der Waals surface area contributed by atoms with Crippen molar-refractivity contribution in [2.75, 3.05) is 0 Å². The third-order valence-corrected chi connectivity index (χ3v) is 11.8. The van der Waals surface area contributed by atoms with E-state index < -0.39 is 0 Å². The van der Waals surface area contributed by atoms with Crippen LogP contribution in [0.5, 0.6) is 0 Å². The van der Waals surface area contributed by atoms with Gasteiger partial charge in [-0.15, -0.1) is 0 Å². The van der Waals surface area contributed by atoms with Crippen LogP contribution < -0.4 is 0 Å². The van der Waals surface area contributed by atoms with Gasteiger partial charge in [0.05, 0.1) is 16.6 Å². The fourth-order valence-electron chi connectivity index (χ4n) is 8.89. The van der Waals surface area contributed by atoms with E-state index in [1.54, 1.807) is 0 Å². The second kappa shape index (κ2) is 12.6. The zero-order valence-electron chi connectivity index (χ0n) is 31.2. The topological polar surface area (TPSA) is 61.4 Å². The quantitative estimate of drug-likeness (QED) is 0.177. The van der Waals surface area contributed by atoms with Crippen LogP contribution in [0.3, 0.4) is 0 Å². The molecule has 6 heteroatoms. The van der Waals surface area contributed by atoms with Crippen molar-refractivity contribution in [2.45, 2.75) is 26.2 Å². The van der Waals surface area contributed by atoms with E-state index in [0.29, 0.717) is 29.3 Å². The number of benzene rings is 4. The fourth-order valence-corrected chi connectivity index (χ4v) is 8.89. The van der Waals surface area contributed by atoms with Gasteiger partial charge >= 0.3 is 0 Å². The number of pyridine rings is 1. The Morgan fingerprint density at radius 2 is 1.32 bits per heavy atom. The number of allylic oxidation sites excluding steroid dienone is 9. The summed E-state index contributed by atoms with van der Waals surface area (Å²) in [5, 5.41) is 3.69. The monoisotopic (exact) mass is 722 g/mol. The largest absolute Gasteiger partial charge is 0.313 e. The Labute approximate surface area is 325 Å². The Bertz CT molecular complexity index is 2960. The van der Waals surface area contributed by atoms with Crippen LogP contribution in [0, 0.1) is 11.3 Å². The first-order valence-electron chi connectivity index (χ1n) is 19.4. The minimum absolute atomic E-state index is 0.0160. The molecule has 11 rings (SSSR count). The molecule has 0 spiro atoms. The van der Waals surface area contributed by atoms with E-state index in [0.717, 1.165) is 40.0 Å². The zero-order chi connectivity index (χ0) is 37.4. The minimum Gasteiger partial charge on any atom is -0.313 e. The third kappa shape index (κ3) is 5.09. The molecule has 4 aromatic carbocycles. The van der Waals surface area contributed by atoms with Crippen LogP contribution in [-0.2, 0) is 0 Å². The second-order valence-electron chi connectivity index (χ2n) is 15.4. The molecule has 0 saturated carbocycles. The number of hydrogen-bond donors (Lipinski definition) is 0. The van der Waals surface area contributed by atoms with Crippen molar-refractivity contribution in [1.29, 1.82) is 0 Å². The molecule has 0 fully saturated rings. The van der Waals surface area contributed by atoms with Gasteiger partial charge in [-0.1, -0.05) is 141 Å². The van der Waals surface area contributed by atoms with Crippen molar-refractivity contribution in [3.05, 3.63) is 175 Å². The molecule has 8 aromatic rings. The SMILES string of the molecule is CC1CC=Cc2c1n(C1=CC3C=CC=CC3(C)C=C1)c1cc3c(cc21)c1ccccc1n3-c1ccc(-c2nc(-c3ccccc3)nc(-c3ccccc3)n2)cn1. The van der Waals surface area contributed by atoms with Gasteiger partial charge in [-0.2, -0.15) is 0 Å². The molecule has 3 aliphatic carbocycles. The van der Waals surface area contributed by atoms with Gasteiger partial charge in [-0.3, -0.25) is 4.57 Å². The predicted octanol–water partition coefficient (Wildman–Crippen LogP) is 12.0. The van der Waals surface area contributed by atoms with Crippen molar-refractivity contribution in [2.24, 2.45) is 11.3 Å². The Balaban J connectivity index is 1.09. The molecule has 0 N–H and O–H groups in total. The molecule has 6 nitrogen and oxygen atoms in total. The molecule has 4 heterocycles. The molecule has 0 bridgehead atoms. The van der Waals surface area contributed by atoms with Crippen LogP contribution in [0.4, 0.5) is 0 Å². The van der Waals surface area contributed by atoms with E-state index >= 15 is 0 Å². The molecule has 4 aromatic heterocycles. The number of hydrogen-bond acceptors (Lipinski definition) is 4. The first-order chi connectivity index (χ1) is 27.5. The van der Waals surface area contributed by atoms with Crippen molar-refractivity contribution < 1.29 is 0 Å². The van der Waals surface area contributed by atoms with Crippen LogP contribution in [0.2, 0.25) is 0 Å². The highest BCUT2D eigenvalue weighted by molar-refractivity contribution is 6.15. The van der Waals surface area contributed by atoms with Crippen LogP contribution in [-0.4, -0.2) is 29.1 Å². The summed E-state index contributed by atoms with van der Waals surface area (Å²) in [5.74, 6) is 3.36. The summed E-state index contributed by atoms with van der Waals surface area (Å²) in [4.78, 5) is 19.9. The Morgan fingerprint density at radius 1 is 0.625 bits per heavy atom. The van der Waals surface area contributed by atoms with Gasteiger partial charge < -0.3 is 4.57 Å². The first-order valence-corrected chi connectivity index (χ1v) is 19.4. The molecule has 0 amide bonds. The average Bonchev–Trinajstić information content (AvgIpc) is 3.76. The lowest BCUT2D eigenvalue weighted by molar-refractivity contribution is 0.452. The van der Waals surface area contributed by atoms with Gasteiger partial charge in [-0.25, -0.2) is 19.9 Å². The van der Waals surface area contributed by atoms with Gasteiger partial charge in [0, 0.05) is 73.3 Å². The number of aromatic nitrogens is 6. The Hall–Kier alpha value is -6.92. The number of para-hydroxylation sites is 1. The van der Waals surface area contributed by atoms with E-state index in [4.69, 9.17) is 19.9 Å².